The molecule has 0 spiro atoms. The first kappa shape index (κ1) is 15.9. The third-order valence-electron chi connectivity index (χ3n) is 3.49. The van der Waals surface area contributed by atoms with Gasteiger partial charge >= 0.3 is 0 Å². The molecule has 0 aliphatic carbocycles. The average Bonchev–Trinajstić information content (AvgIpc) is 2.87. The molecule has 0 radical (unpaired) electrons. The normalized spacial score (nSPS) is 18.4. The largest absolute Gasteiger partial charge is 0.404 e. The van der Waals surface area contributed by atoms with Gasteiger partial charge in [0.25, 0.3) is 5.91 Å². The Kier molecular flexibility index (Phi) is 4.71. The van der Waals surface area contributed by atoms with E-state index in [1.165, 1.54) is 6.92 Å². The quantitative estimate of drug-likeness (QED) is 0.629. The summed E-state index contributed by atoms with van der Waals surface area (Å²) in [6.45, 7) is 4.66. The molecule has 0 saturated carbocycles. The smallest absolute Gasteiger partial charge is 0.261 e. The Balaban J connectivity index is 2.31. The van der Waals surface area contributed by atoms with Gasteiger partial charge in [-0.25, -0.2) is 0 Å². The lowest BCUT2D eigenvalue weighted by Gasteiger charge is -2.20. The molecule has 1 aromatic rings. The maximum absolute atomic E-state index is 12.0. The SMILES string of the molecule is CC(=O)NC(=O)/C(=C\N)c1cc(N2CCC(N)C2)c(C)nn1. The van der Waals surface area contributed by atoms with Crippen LogP contribution in [0.1, 0.15) is 24.7 Å². The summed E-state index contributed by atoms with van der Waals surface area (Å²) in [6.07, 6.45) is 2.03. The molecule has 1 aliphatic heterocycles. The van der Waals surface area contributed by atoms with Crippen molar-refractivity contribution in [2.45, 2.75) is 26.3 Å². The lowest BCUT2D eigenvalue weighted by molar-refractivity contribution is -0.126. The summed E-state index contributed by atoms with van der Waals surface area (Å²) in [6, 6.07) is 1.88. The van der Waals surface area contributed by atoms with Crippen molar-refractivity contribution in [3.63, 3.8) is 0 Å². The van der Waals surface area contributed by atoms with E-state index in [1.54, 1.807) is 6.07 Å². The minimum Gasteiger partial charge on any atom is -0.404 e. The molecule has 1 fully saturated rings. The van der Waals surface area contributed by atoms with Crippen LogP contribution in [0.15, 0.2) is 12.3 Å². The number of nitrogens with zero attached hydrogens (tertiary/aromatic N) is 3. The third-order valence-corrected chi connectivity index (χ3v) is 3.49. The first-order valence-corrected chi connectivity index (χ1v) is 7.01. The lowest BCUT2D eigenvalue weighted by atomic mass is 10.1. The van der Waals surface area contributed by atoms with Crippen molar-refractivity contribution in [1.82, 2.24) is 15.5 Å². The summed E-state index contributed by atoms with van der Waals surface area (Å²) in [7, 11) is 0. The number of amides is 2. The topological polar surface area (TPSA) is 127 Å². The standard InChI is InChI=1S/C14H20N6O2/c1-8-13(20-4-3-10(16)7-20)5-12(19-18-8)11(6-15)14(22)17-9(2)21/h5-6,10H,3-4,7,15-16H2,1-2H3,(H,17,21,22)/b11-6-. The molecule has 1 unspecified atom stereocenters. The summed E-state index contributed by atoms with van der Waals surface area (Å²) in [5.74, 6) is -1.06. The fraction of sp³-hybridized carbons (Fsp3) is 0.429. The zero-order chi connectivity index (χ0) is 16.3. The maximum Gasteiger partial charge on any atom is 0.261 e. The molecule has 118 valence electrons. The first-order chi connectivity index (χ1) is 10.4. The Morgan fingerprint density at radius 2 is 2.18 bits per heavy atom. The van der Waals surface area contributed by atoms with Gasteiger partial charge in [0, 0.05) is 32.3 Å². The van der Waals surface area contributed by atoms with E-state index < -0.39 is 11.8 Å². The predicted octanol–water partition coefficient (Wildman–Crippen LogP) is -0.715. The van der Waals surface area contributed by atoms with E-state index in [1.807, 2.05) is 6.92 Å². The van der Waals surface area contributed by atoms with Crippen LogP contribution < -0.4 is 21.7 Å². The molecule has 1 aliphatic rings. The first-order valence-electron chi connectivity index (χ1n) is 7.01. The zero-order valence-corrected chi connectivity index (χ0v) is 12.7. The van der Waals surface area contributed by atoms with E-state index in [-0.39, 0.29) is 11.6 Å². The van der Waals surface area contributed by atoms with E-state index in [9.17, 15) is 9.59 Å². The van der Waals surface area contributed by atoms with E-state index in [0.29, 0.717) is 5.69 Å². The fourth-order valence-electron chi connectivity index (χ4n) is 2.41. The van der Waals surface area contributed by atoms with Gasteiger partial charge in [-0.3, -0.25) is 14.9 Å². The second-order valence-electron chi connectivity index (χ2n) is 5.29. The zero-order valence-electron chi connectivity index (χ0n) is 12.7. The van der Waals surface area contributed by atoms with E-state index in [2.05, 4.69) is 20.4 Å². The molecule has 2 amide bonds. The number of imide groups is 1. The second-order valence-corrected chi connectivity index (χ2v) is 5.29. The third kappa shape index (κ3) is 3.40. The summed E-state index contributed by atoms with van der Waals surface area (Å²) < 4.78 is 0. The maximum atomic E-state index is 12.0. The highest BCUT2D eigenvalue weighted by molar-refractivity contribution is 6.22. The van der Waals surface area contributed by atoms with Crippen molar-refractivity contribution in [1.29, 1.82) is 0 Å². The van der Waals surface area contributed by atoms with Gasteiger partial charge in [0.15, 0.2) is 0 Å². The van der Waals surface area contributed by atoms with Crippen LogP contribution in [0.25, 0.3) is 5.57 Å². The van der Waals surface area contributed by atoms with Crippen LogP contribution in [-0.2, 0) is 9.59 Å². The van der Waals surface area contributed by atoms with Crippen LogP contribution in [-0.4, -0.2) is 41.1 Å². The number of anilines is 1. The number of carbonyl (C=O) groups is 2. The Hall–Kier alpha value is -2.48. The number of carbonyl (C=O) groups excluding carboxylic acids is 2. The van der Waals surface area contributed by atoms with Crippen LogP contribution in [0.4, 0.5) is 5.69 Å². The minimum absolute atomic E-state index is 0.104. The predicted molar refractivity (Wildman–Crippen MR) is 82.6 cm³/mol. The molecule has 1 aromatic heterocycles. The average molecular weight is 304 g/mol. The molecule has 5 N–H and O–H groups in total. The van der Waals surface area contributed by atoms with Gasteiger partial charge < -0.3 is 16.4 Å². The van der Waals surface area contributed by atoms with Crippen molar-refractivity contribution in [3.8, 4) is 0 Å². The van der Waals surface area contributed by atoms with Crippen LogP contribution in [0.2, 0.25) is 0 Å². The number of rotatable bonds is 3. The van der Waals surface area contributed by atoms with E-state index in [4.69, 9.17) is 11.5 Å². The second kappa shape index (κ2) is 6.52. The fourth-order valence-corrected chi connectivity index (χ4v) is 2.41. The van der Waals surface area contributed by atoms with Crippen molar-refractivity contribution in [3.05, 3.63) is 23.7 Å². The van der Waals surface area contributed by atoms with Crippen LogP contribution in [0.3, 0.4) is 0 Å². The number of nitrogens with two attached hydrogens (primary N) is 2. The molecule has 8 heteroatoms. The number of hydrogen-bond acceptors (Lipinski definition) is 7. The Labute approximate surface area is 128 Å². The Morgan fingerprint density at radius 3 is 2.73 bits per heavy atom. The summed E-state index contributed by atoms with van der Waals surface area (Å²) in [4.78, 5) is 25.1. The summed E-state index contributed by atoms with van der Waals surface area (Å²) in [5.41, 5.74) is 13.5. The van der Waals surface area contributed by atoms with Gasteiger partial charge in [-0.05, 0) is 19.4 Å². The molecule has 8 nitrogen and oxygen atoms in total. The van der Waals surface area contributed by atoms with Crippen molar-refractivity contribution >= 4 is 23.1 Å². The van der Waals surface area contributed by atoms with Gasteiger partial charge in [-0.2, -0.15) is 5.10 Å². The Morgan fingerprint density at radius 1 is 1.45 bits per heavy atom. The van der Waals surface area contributed by atoms with Gasteiger partial charge in [-0.1, -0.05) is 0 Å². The van der Waals surface area contributed by atoms with Crippen LogP contribution in [0.5, 0.6) is 0 Å². The number of hydrogen-bond donors (Lipinski definition) is 3. The van der Waals surface area contributed by atoms with Gasteiger partial charge in [0.2, 0.25) is 5.91 Å². The van der Waals surface area contributed by atoms with Gasteiger partial charge in [0.05, 0.1) is 17.0 Å². The van der Waals surface area contributed by atoms with Gasteiger partial charge in [0.1, 0.15) is 5.69 Å². The molecule has 2 heterocycles. The van der Waals surface area contributed by atoms with Crippen molar-refractivity contribution < 1.29 is 9.59 Å². The minimum atomic E-state index is -0.600. The van der Waals surface area contributed by atoms with Crippen molar-refractivity contribution in [2.24, 2.45) is 11.5 Å². The highest BCUT2D eigenvalue weighted by Crippen LogP contribution is 2.25. The lowest BCUT2D eigenvalue weighted by Crippen LogP contribution is -2.30. The number of aromatic nitrogens is 2. The number of aryl methyl sites for hydroxylation is 1. The molecule has 0 aromatic carbocycles. The molecule has 2 rings (SSSR count). The summed E-state index contributed by atoms with van der Waals surface area (Å²) >= 11 is 0. The van der Waals surface area contributed by atoms with Crippen LogP contribution >= 0.6 is 0 Å². The highest BCUT2D eigenvalue weighted by atomic mass is 16.2. The molecule has 22 heavy (non-hydrogen) atoms. The van der Waals surface area contributed by atoms with E-state index in [0.717, 1.165) is 37.1 Å². The molecule has 1 atom stereocenters. The molecular formula is C14H20N6O2. The van der Waals surface area contributed by atoms with E-state index >= 15 is 0 Å². The Bertz CT molecular complexity index is 628. The summed E-state index contributed by atoms with van der Waals surface area (Å²) in [5, 5.41) is 10.3. The molecular weight excluding hydrogens is 284 g/mol. The monoisotopic (exact) mass is 304 g/mol. The van der Waals surface area contributed by atoms with Crippen LogP contribution in [0, 0.1) is 6.92 Å². The van der Waals surface area contributed by atoms with Gasteiger partial charge in [-0.15, -0.1) is 5.10 Å². The van der Waals surface area contributed by atoms with Crippen molar-refractivity contribution in [2.75, 3.05) is 18.0 Å². The molecule has 1 saturated heterocycles. The number of nitrogens with one attached hydrogen (secondary N) is 1. The highest BCUT2D eigenvalue weighted by Gasteiger charge is 2.23. The molecule has 0 bridgehead atoms.